The number of aromatic carboxylic acids is 1. The second kappa shape index (κ2) is 6.97. The first-order chi connectivity index (χ1) is 12.6. The molecule has 134 valence electrons. The molecule has 6 nitrogen and oxygen atoms in total. The number of rotatable bonds is 4. The van der Waals surface area contributed by atoms with Gasteiger partial charge in [0.05, 0.1) is 4.70 Å². The number of hydrogen-bond acceptors (Lipinski definition) is 6. The van der Waals surface area contributed by atoms with E-state index in [0.717, 1.165) is 30.8 Å². The Balaban J connectivity index is 1.80. The van der Waals surface area contributed by atoms with Gasteiger partial charge in [0.2, 0.25) is 0 Å². The van der Waals surface area contributed by atoms with Crippen LogP contribution in [0.5, 0.6) is 0 Å². The summed E-state index contributed by atoms with van der Waals surface area (Å²) in [7, 11) is 0. The molecule has 1 atom stereocenters. The third-order valence-corrected chi connectivity index (χ3v) is 5.59. The number of hydrogen-bond donors (Lipinski definition) is 3. The molecule has 3 aromatic rings. The molecule has 0 aliphatic carbocycles. The second-order valence-electron chi connectivity index (χ2n) is 6.25. The molecule has 1 unspecified atom stereocenters. The number of carboxylic acids is 1. The molecule has 1 saturated heterocycles. The maximum Gasteiger partial charge on any atom is 0.357 e. The number of aromatic nitrogens is 2. The van der Waals surface area contributed by atoms with E-state index in [4.69, 9.17) is 0 Å². The fourth-order valence-electron chi connectivity index (χ4n) is 3.14. The molecule has 8 heteroatoms. The average molecular weight is 372 g/mol. The minimum atomic E-state index is -1.12. The first-order valence-corrected chi connectivity index (χ1v) is 9.20. The molecule has 1 fully saturated rings. The Hall–Kier alpha value is -2.58. The van der Waals surface area contributed by atoms with Gasteiger partial charge in [0.25, 0.3) is 0 Å². The molecule has 3 N–H and O–H groups in total. The quantitative estimate of drug-likeness (QED) is 0.651. The molecule has 1 aliphatic rings. The van der Waals surface area contributed by atoms with Gasteiger partial charge < -0.3 is 15.7 Å². The van der Waals surface area contributed by atoms with Gasteiger partial charge in [-0.2, -0.15) is 0 Å². The second-order valence-corrected chi connectivity index (χ2v) is 7.31. The molecule has 0 saturated carbocycles. The van der Waals surface area contributed by atoms with E-state index in [1.165, 1.54) is 23.5 Å². The zero-order valence-electron chi connectivity index (χ0n) is 13.8. The lowest BCUT2D eigenvalue weighted by molar-refractivity contribution is 0.0692. The Morgan fingerprint density at radius 3 is 2.96 bits per heavy atom. The van der Waals surface area contributed by atoms with Crippen molar-refractivity contribution in [2.24, 2.45) is 0 Å². The molecule has 0 amide bonds. The maximum absolute atomic E-state index is 13.6. The van der Waals surface area contributed by atoms with Gasteiger partial charge in [-0.3, -0.25) is 0 Å². The van der Waals surface area contributed by atoms with Gasteiger partial charge in [-0.25, -0.2) is 9.18 Å². The van der Waals surface area contributed by atoms with Crippen LogP contribution in [0.4, 0.5) is 10.2 Å². The molecular weight excluding hydrogens is 355 g/mol. The molecule has 0 spiro atoms. The first-order valence-electron chi connectivity index (χ1n) is 8.38. The van der Waals surface area contributed by atoms with E-state index in [2.05, 4.69) is 20.8 Å². The summed E-state index contributed by atoms with van der Waals surface area (Å²) >= 11 is 1.28. The molecule has 26 heavy (non-hydrogen) atoms. The van der Waals surface area contributed by atoms with Crippen LogP contribution in [0.3, 0.4) is 0 Å². The average Bonchev–Trinajstić information content (AvgIpc) is 3.08. The van der Waals surface area contributed by atoms with E-state index in [0.29, 0.717) is 21.5 Å². The number of halogens is 1. The molecule has 3 heterocycles. The summed E-state index contributed by atoms with van der Waals surface area (Å²) in [6.45, 7) is 1.82. The van der Waals surface area contributed by atoms with E-state index in [1.807, 2.05) is 6.07 Å². The lowest BCUT2D eigenvalue weighted by atomic mass is 10.1. The van der Waals surface area contributed by atoms with Crippen LogP contribution in [0.25, 0.3) is 20.5 Å². The maximum atomic E-state index is 13.6. The lowest BCUT2D eigenvalue weighted by Gasteiger charge is -2.24. The number of piperidine rings is 1. The van der Waals surface area contributed by atoms with Crippen molar-refractivity contribution in [3.63, 3.8) is 0 Å². The first kappa shape index (κ1) is 16.9. The van der Waals surface area contributed by atoms with Crippen LogP contribution in [0, 0.1) is 5.82 Å². The van der Waals surface area contributed by atoms with Gasteiger partial charge in [-0.05, 0) is 43.1 Å². The summed E-state index contributed by atoms with van der Waals surface area (Å²) in [5.74, 6) is -0.889. The van der Waals surface area contributed by atoms with E-state index in [9.17, 15) is 14.3 Å². The largest absolute Gasteiger partial charge is 0.476 e. The Morgan fingerprint density at radius 1 is 1.35 bits per heavy atom. The number of thiophene rings is 1. The Kier molecular flexibility index (Phi) is 4.52. The van der Waals surface area contributed by atoms with Crippen molar-refractivity contribution < 1.29 is 14.3 Å². The van der Waals surface area contributed by atoms with Crippen molar-refractivity contribution in [3.05, 3.63) is 41.8 Å². The third-order valence-electron chi connectivity index (χ3n) is 4.40. The number of nitrogens with zero attached hydrogens (tertiary/aromatic N) is 2. The third kappa shape index (κ3) is 3.25. The number of anilines is 1. The standard InChI is InChI=1S/C18H17FN4O2S/c19-11-4-1-3-10(7-11)14-8-13-16(26-14)15(18(24)25)22-23-17(13)21-12-5-2-6-20-9-12/h1,3-4,7-8,12,20H,2,5-6,9H2,(H,21,23)(H,24,25). The van der Waals surface area contributed by atoms with Crippen LogP contribution in [-0.4, -0.2) is 40.4 Å². The van der Waals surface area contributed by atoms with Crippen LogP contribution >= 0.6 is 11.3 Å². The Morgan fingerprint density at radius 2 is 2.23 bits per heavy atom. The van der Waals surface area contributed by atoms with Gasteiger partial charge >= 0.3 is 5.97 Å². The molecule has 1 aromatic carbocycles. The lowest BCUT2D eigenvalue weighted by Crippen LogP contribution is -2.38. The Bertz CT molecular complexity index is 969. The van der Waals surface area contributed by atoms with Gasteiger partial charge in [0.1, 0.15) is 5.82 Å². The van der Waals surface area contributed by atoms with Crippen molar-refractivity contribution in [2.45, 2.75) is 18.9 Å². The van der Waals surface area contributed by atoms with Gasteiger partial charge in [0.15, 0.2) is 11.5 Å². The fraction of sp³-hybridized carbons (Fsp3) is 0.278. The zero-order chi connectivity index (χ0) is 18.1. The SMILES string of the molecule is O=C(O)c1nnc(NC2CCCNC2)c2cc(-c3cccc(F)c3)sc12. The number of nitrogens with one attached hydrogen (secondary N) is 2. The summed E-state index contributed by atoms with van der Waals surface area (Å²) in [6.07, 6.45) is 2.08. The van der Waals surface area contributed by atoms with Crippen LogP contribution in [0.1, 0.15) is 23.3 Å². The molecule has 1 aliphatic heterocycles. The van der Waals surface area contributed by atoms with E-state index in [-0.39, 0.29) is 17.6 Å². The highest BCUT2D eigenvalue weighted by atomic mass is 32.1. The summed E-state index contributed by atoms with van der Waals surface area (Å²) in [6, 6.07) is 8.32. The highest BCUT2D eigenvalue weighted by molar-refractivity contribution is 7.22. The van der Waals surface area contributed by atoms with Crippen molar-refractivity contribution in [1.29, 1.82) is 0 Å². The number of benzene rings is 1. The van der Waals surface area contributed by atoms with E-state index in [1.54, 1.807) is 12.1 Å². The monoisotopic (exact) mass is 372 g/mol. The molecule has 0 bridgehead atoms. The molecule has 0 radical (unpaired) electrons. The van der Waals surface area contributed by atoms with Crippen molar-refractivity contribution in [1.82, 2.24) is 15.5 Å². The van der Waals surface area contributed by atoms with Crippen LogP contribution in [0.15, 0.2) is 30.3 Å². The normalized spacial score (nSPS) is 17.3. The van der Waals surface area contributed by atoms with Gasteiger partial charge in [-0.1, -0.05) is 12.1 Å². The highest BCUT2D eigenvalue weighted by Crippen LogP contribution is 2.38. The summed E-state index contributed by atoms with van der Waals surface area (Å²) in [4.78, 5) is 12.3. The smallest absolute Gasteiger partial charge is 0.357 e. The van der Waals surface area contributed by atoms with Crippen molar-refractivity contribution in [3.8, 4) is 10.4 Å². The Labute approximate surface area is 153 Å². The van der Waals surface area contributed by atoms with Crippen molar-refractivity contribution >= 4 is 33.2 Å². The summed E-state index contributed by atoms with van der Waals surface area (Å²) in [5.41, 5.74) is 0.618. The topological polar surface area (TPSA) is 87.1 Å². The van der Waals surface area contributed by atoms with Gasteiger partial charge in [-0.15, -0.1) is 21.5 Å². The highest BCUT2D eigenvalue weighted by Gasteiger charge is 2.21. The number of fused-ring (bicyclic) bond motifs is 1. The summed E-state index contributed by atoms with van der Waals surface area (Å²) < 4.78 is 14.1. The van der Waals surface area contributed by atoms with E-state index >= 15 is 0 Å². The minimum absolute atomic E-state index is 0.0834. The number of carboxylic acid groups (broad SMARTS) is 1. The summed E-state index contributed by atoms with van der Waals surface area (Å²) in [5, 5.41) is 24.8. The van der Waals surface area contributed by atoms with Crippen LogP contribution < -0.4 is 10.6 Å². The molecular formula is C18H17FN4O2S. The predicted molar refractivity (Wildman–Crippen MR) is 99.3 cm³/mol. The zero-order valence-corrected chi connectivity index (χ0v) is 14.6. The minimum Gasteiger partial charge on any atom is -0.476 e. The van der Waals surface area contributed by atoms with Crippen LogP contribution in [0.2, 0.25) is 0 Å². The van der Waals surface area contributed by atoms with Crippen molar-refractivity contribution in [2.75, 3.05) is 18.4 Å². The fourth-order valence-corrected chi connectivity index (χ4v) is 4.27. The van der Waals surface area contributed by atoms with Crippen LogP contribution in [-0.2, 0) is 0 Å². The predicted octanol–water partition coefficient (Wildman–Crippen LogP) is 3.36. The van der Waals surface area contributed by atoms with E-state index < -0.39 is 5.97 Å². The molecule has 2 aromatic heterocycles. The van der Waals surface area contributed by atoms with Gasteiger partial charge in [0, 0.05) is 22.8 Å². The number of carbonyl (C=O) groups is 1. The molecule has 4 rings (SSSR count).